The van der Waals surface area contributed by atoms with Crippen LogP contribution in [0.1, 0.15) is 17.3 Å². The summed E-state index contributed by atoms with van der Waals surface area (Å²) in [5, 5.41) is 11.1. The Kier molecular flexibility index (Phi) is 5.98. The number of rotatable bonds is 6. The predicted molar refractivity (Wildman–Crippen MR) is 106 cm³/mol. The zero-order valence-corrected chi connectivity index (χ0v) is 16.0. The Morgan fingerprint density at radius 2 is 1.71 bits per heavy atom. The summed E-state index contributed by atoms with van der Waals surface area (Å²) in [6, 6.07) is 12.2. The summed E-state index contributed by atoms with van der Waals surface area (Å²) < 4.78 is 10.5. The van der Waals surface area contributed by atoms with Crippen molar-refractivity contribution in [3.8, 4) is 5.75 Å². The molecule has 0 amide bonds. The maximum absolute atomic E-state index is 12.2. The van der Waals surface area contributed by atoms with Gasteiger partial charge in [0, 0.05) is 38.3 Å². The zero-order valence-electron chi connectivity index (χ0n) is 16.0. The average molecular weight is 385 g/mol. The highest BCUT2D eigenvalue weighted by atomic mass is 16.6. The fraction of sp³-hybridized carbons (Fsp3) is 0.350. The molecule has 3 rings (SSSR count). The minimum atomic E-state index is -0.581. The van der Waals surface area contributed by atoms with Crippen LogP contribution >= 0.6 is 0 Å². The number of hydrogen-bond donors (Lipinski definition) is 0. The summed E-state index contributed by atoms with van der Waals surface area (Å²) in [7, 11) is 1.27. The molecule has 0 aromatic heterocycles. The molecule has 2 aromatic rings. The van der Waals surface area contributed by atoms with E-state index in [2.05, 4.69) is 9.80 Å². The van der Waals surface area contributed by atoms with Crippen LogP contribution < -0.4 is 14.5 Å². The first kappa shape index (κ1) is 19.5. The van der Waals surface area contributed by atoms with Crippen molar-refractivity contribution in [1.29, 1.82) is 0 Å². The van der Waals surface area contributed by atoms with E-state index in [1.807, 2.05) is 31.2 Å². The number of carbonyl (C=O) groups excluding carboxylic acids is 1. The van der Waals surface area contributed by atoms with E-state index in [1.165, 1.54) is 19.2 Å². The minimum absolute atomic E-state index is 0.131. The molecule has 1 aliphatic heterocycles. The van der Waals surface area contributed by atoms with Crippen molar-refractivity contribution in [3.05, 3.63) is 58.1 Å². The number of piperazine rings is 1. The van der Waals surface area contributed by atoms with Gasteiger partial charge >= 0.3 is 5.97 Å². The molecule has 1 saturated heterocycles. The van der Waals surface area contributed by atoms with Crippen LogP contribution in [-0.2, 0) is 4.74 Å². The van der Waals surface area contributed by atoms with E-state index >= 15 is 0 Å². The van der Waals surface area contributed by atoms with Crippen molar-refractivity contribution >= 4 is 23.0 Å². The Bertz CT molecular complexity index is 863. The minimum Gasteiger partial charge on any atom is -0.492 e. The van der Waals surface area contributed by atoms with Crippen LogP contribution in [0.5, 0.6) is 5.75 Å². The lowest BCUT2D eigenvalue weighted by atomic mass is 10.1. The van der Waals surface area contributed by atoms with E-state index in [0.29, 0.717) is 25.4 Å². The third-order valence-corrected chi connectivity index (χ3v) is 4.72. The number of hydrogen-bond acceptors (Lipinski definition) is 7. The second kappa shape index (κ2) is 8.60. The first-order valence-corrected chi connectivity index (χ1v) is 9.13. The van der Waals surface area contributed by atoms with E-state index in [9.17, 15) is 14.9 Å². The highest BCUT2D eigenvalue weighted by Gasteiger charge is 2.25. The molecule has 28 heavy (non-hydrogen) atoms. The number of carbonyl (C=O) groups is 1. The molecule has 0 atom stereocenters. The van der Waals surface area contributed by atoms with E-state index < -0.39 is 10.9 Å². The molecule has 1 heterocycles. The molecular formula is C20H23N3O5. The zero-order chi connectivity index (χ0) is 20.1. The van der Waals surface area contributed by atoms with Crippen LogP contribution in [0.2, 0.25) is 0 Å². The Hall–Kier alpha value is -3.29. The predicted octanol–water partition coefficient (Wildman–Crippen LogP) is 3.11. The number of nitro groups is 1. The van der Waals surface area contributed by atoms with Crippen molar-refractivity contribution in [2.24, 2.45) is 0 Å². The molecule has 0 bridgehead atoms. The van der Waals surface area contributed by atoms with E-state index in [1.54, 1.807) is 6.07 Å². The number of benzene rings is 2. The fourth-order valence-electron chi connectivity index (χ4n) is 3.37. The third kappa shape index (κ3) is 4.00. The first-order valence-electron chi connectivity index (χ1n) is 9.13. The lowest BCUT2D eigenvalue weighted by Gasteiger charge is -2.38. The highest BCUT2D eigenvalue weighted by molar-refractivity contribution is 5.96. The molecule has 2 aromatic carbocycles. The SMILES string of the molecule is CCOc1ccccc1N1CCN(c2ccc([N+](=O)[O-])cc2C(=O)OC)CC1. The summed E-state index contributed by atoms with van der Waals surface area (Å²) in [6.45, 7) is 5.37. The summed E-state index contributed by atoms with van der Waals surface area (Å²) in [5.74, 6) is 0.270. The van der Waals surface area contributed by atoms with Crippen LogP contribution in [0.3, 0.4) is 0 Å². The van der Waals surface area contributed by atoms with E-state index in [4.69, 9.17) is 9.47 Å². The van der Waals surface area contributed by atoms with Gasteiger partial charge in [-0.3, -0.25) is 10.1 Å². The van der Waals surface area contributed by atoms with Gasteiger partial charge in [0.05, 0.1) is 35.6 Å². The number of anilines is 2. The topological polar surface area (TPSA) is 85.1 Å². The number of ether oxygens (including phenoxy) is 2. The molecule has 0 N–H and O–H groups in total. The van der Waals surface area contributed by atoms with Crippen molar-refractivity contribution in [2.75, 3.05) is 49.7 Å². The number of methoxy groups -OCH3 is 1. The lowest BCUT2D eigenvalue weighted by Crippen LogP contribution is -2.47. The third-order valence-electron chi connectivity index (χ3n) is 4.72. The maximum atomic E-state index is 12.2. The molecule has 1 fully saturated rings. The maximum Gasteiger partial charge on any atom is 0.340 e. The number of esters is 1. The van der Waals surface area contributed by atoms with Crippen LogP contribution in [0.15, 0.2) is 42.5 Å². The average Bonchev–Trinajstić information content (AvgIpc) is 2.73. The standard InChI is InChI=1S/C20H23N3O5/c1-3-28-19-7-5-4-6-18(19)22-12-10-21(11-13-22)17-9-8-15(23(25)26)14-16(17)20(24)27-2/h4-9,14H,3,10-13H2,1-2H3. The van der Waals surface area contributed by atoms with Crippen LogP contribution in [0.25, 0.3) is 0 Å². The van der Waals surface area contributed by atoms with Gasteiger partial charge in [0.15, 0.2) is 0 Å². The summed E-state index contributed by atoms with van der Waals surface area (Å²) in [4.78, 5) is 27.0. The quantitative estimate of drug-likeness (QED) is 0.429. The second-order valence-corrected chi connectivity index (χ2v) is 6.32. The molecule has 0 radical (unpaired) electrons. The van der Waals surface area contributed by atoms with Crippen LogP contribution in [0.4, 0.5) is 17.1 Å². The van der Waals surface area contributed by atoms with Crippen molar-refractivity contribution < 1.29 is 19.2 Å². The normalized spacial score (nSPS) is 13.9. The van der Waals surface area contributed by atoms with Crippen molar-refractivity contribution in [3.63, 3.8) is 0 Å². The van der Waals surface area contributed by atoms with Gasteiger partial charge in [0.25, 0.3) is 5.69 Å². The monoisotopic (exact) mass is 385 g/mol. The van der Waals surface area contributed by atoms with Gasteiger partial charge in [-0.05, 0) is 25.1 Å². The van der Waals surface area contributed by atoms with Gasteiger partial charge in [-0.1, -0.05) is 12.1 Å². The van der Waals surface area contributed by atoms with Gasteiger partial charge in [0.2, 0.25) is 0 Å². The second-order valence-electron chi connectivity index (χ2n) is 6.32. The smallest absolute Gasteiger partial charge is 0.340 e. The number of nitrogens with zero attached hydrogens (tertiary/aromatic N) is 3. The van der Waals surface area contributed by atoms with Crippen LogP contribution in [0, 0.1) is 10.1 Å². The molecule has 8 heteroatoms. The molecule has 0 aliphatic carbocycles. The Morgan fingerprint density at radius 3 is 2.32 bits per heavy atom. The lowest BCUT2D eigenvalue weighted by molar-refractivity contribution is -0.384. The molecule has 8 nitrogen and oxygen atoms in total. The summed E-state index contributed by atoms with van der Waals surface area (Å²) in [6.07, 6.45) is 0. The molecule has 1 aliphatic rings. The van der Waals surface area contributed by atoms with Gasteiger partial charge in [0.1, 0.15) is 5.75 Å². The first-order chi connectivity index (χ1) is 13.5. The number of para-hydroxylation sites is 2. The Labute approximate surface area is 163 Å². The molecule has 0 unspecified atom stereocenters. The van der Waals surface area contributed by atoms with Gasteiger partial charge in [-0.15, -0.1) is 0 Å². The summed E-state index contributed by atoms with van der Waals surface area (Å²) in [5.41, 5.74) is 1.77. The number of non-ortho nitro benzene ring substituents is 1. The van der Waals surface area contributed by atoms with E-state index in [-0.39, 0.29) is 11.3 Å². The molecule has 0 saturated carbocycles. The van der Waals surface area contributed by atoms with Gasteiger partial charge in [-0.2, -0.15) is 0 Å². The Morgan fingerprint density at radius 1 is 1.07 bits per heavy atom. The Balaban J connectivity index is 1.80. The van der Waals surface area contributed by atoms with Crippen molar-refractivity contribution in [2.45, 2.75) is 6.92 Å². The van der Waals surface area contributed by atoms with Gasteiger partial charge in [-0.25, -0.2) is 4.79 Å². The van der Waals surface area contributed by atoms with Gasteiger partial charge < -0.3 is 19.3 Å². The fourth-order valence-corrected chi connectivity index (χ4v) is 3.37. The highest BCUT2D eigenvalue weighted by Crippen LogP contribution is 2.31. The van der Waals surface area contributed by atoms with Crippen LogP contribution in [-0.4, -0.2) is 50.8 Å². The molecule has 0 spiro atoms. The summed E-state index contributed by atoms with van der Waals surface area (Å²) >= 11 is 0. The largest absolute Gasteiger partial charge is 0.492 e. The molecule has 148 valence electrons. The number of nitro benzene ring substituents is 1. The van der Waals surface area contributed by atoms with Crippen molar-refractivity contribution in [1.82, 2.24) is 0 Å². The van der Waals surface area contributed by atoms with E-state index in [0.717, 1.165) is 24.5 Å². The molecular weight excluding hydrogens is 362 g/mol.